The van der Waals surface area contributed by atoms with E-state index < -0.39 is 283 Å². The lowest BCUT2D eigenvalue weighted by atomic mass is 9.66. The lowest BCUT2D eigenvalue weighted by Gasteiger charge is -2.48. The number of thiophene rings is 3. The van der Waals surface area contributed by atoms with Crippen molar-refractivity contribution in [3.8, 4) is 86.2 Å². The Balaban J connectivity index is 0.000000132. The van der Waals surface area contributed by atoms with Crippen LogP contribution in [0.4, 0.5) is 0 Å². The molecule has 0 amide bonds. The number of fused-ring (bicyclic) bond motifs is 12. The molecule has 6 aromatic carbocycles. The molecule has 42 heteroatoms. The molecule has 732 valence electrons. The molecule has 15 aliphatic rings. The second kappa shape index (κ2) is 37.6. The molecule has 9 fully saturated rings. The van der Waals surface area contributed by atoms with Gasteiger partial charge in [0.25, 0.3) is 0 Å². The van der Waals surface area contributed by atoms with Crippen LogP contribution in [-0.2, 0) is 85.4 Å². The summed E-state index contributed by atoms with van der Waals surface area (Å²) in [5.74, 6) is -18.7. The van der Waals surface area contributed by atoms with E-state index in [-0.39, 0.29) is 114 Å². The number of methoxy groups -OCH3 is 6. The van der Waals surface area contributed by atoms with E-state index in [4.69, 9.17) is 153 Å². The summed E-state index contributed by atoms with van der Waals surface area (Å²) >= 11 is 4.04. The summed E-state index contributed by atoms with van der Waals surface area (Å²) in [7, 11) is -9.84. The van der Waals surface area contributed by atoms with Gasteiger partial charge < -0.3 is 174 Å². The quantitative estimate of drug-likeness (QED) is 0.0288. The molecule has 24 rings (SSSR count). The first-order chi connectivity index (χ1) is 74.2. The Labute approximate surface area is 824 Å². The summed E-state index contributed by atoms with van der Waals surface area (Å²) in [4.78, 5) is 43.2. The van der Waals surface area contributed by atoms with Crippen LogP contribution in [0.15, 0.2) is 125 Å². The van der Waals surface area contributed by atoms with E-state index in [0.717, 1.165) is 34.0 Å². The Kier molecular flexibility index (Phi) is 19.7. The zero-order chi connectivity index (χ0) is 111. The number of benzene rings is 6. The standard InChI is InChI=1S/3C32H32O13S/c3*1-37-19-6-13(7-20(38-2)25(19)33)23-14-8-17-18(42-12-41-17)9-15(14)28(16-10-39-30(36)24(16)23)44-32-27(35)26(34)29-21(43-32)11-40-31(45-29)22-4-3-5-46-22/h3*3-9,16,21,23-24,26-29,31-35H,10-12H2,1-2H3/t3*16-,21+,23+,24-,26+,27+,28+,29+,31+,32-/m000/s1/i1D3,2D3,10D2,23D;1D3,2D3,10D2;11D2. The summed E-state index contributed by atoms with van der Waals surface area (Å²) in [5.41, 5.74) is 1.67. The summed E-state index contributed by atoms with van der Waals surface area (Å²) in [6.45, 7) is -8.73. The third kappa shape index (κ3) is 16.1. The third-order valence-electron chi connectivity index (χ3n) is 26.7. The number of carbonyl (C=O) groups is 3. The molecule has 0 bridgehead atoms. The normalized spacial score (nSPS) is 38.3. The minimum absolute atomic E-state index is 0.00588. The first kappa shape index (κ1) is 72.4. The van der Waals surface area contributed by atoms with Crippen LogP contribution >= 0.6 is 34.0 Å². The SMILES string of the molecule is [2H]C([2H])([2H])Oc1cc([C@@H]2c3cc4c(cc3[C@@H](O[C@@H]3O[C@@H]5CO[C@@H](c6cccs6)O[C@H]5[C@H](O)[C@H]3O)[C@@H]3[C@@H]2C(=O)OC3([2H])[2H])OCO4)cc(OC([2H])([2H])[2H])c1O.[2H]C([2H])([2H])Oc1cc([C@]2([2H])c3cc4c(cc3[C@@H](O[C@@H]3O[C@@H]5CO[C@@H](c6cccs6)O[C@H]5[C@H](O)[C@H]3O)[C@@H]3[C@@H]2C(=O)OC3([2H])[2H])OCO4)cc(OC([2H])([2H])[2H])c1O.[2H]C1([2H])O[C@@H](c2cccs2)O[C@H]2[C@H](O)[C@@H](O)[C@H](O[C@@H]3c4cc5c(cc4[C@@H](c4cc(OC)c(O)c(OC)c4)[C@H]4C(=O)OC[C@@H]43)OCO5)O[C@@H]21. The fourth-order valence-electron chi connectivity index (χ4n) is 20.3. The van der Waals surface area contributed by atoms with Crippen molar-refractivity contribution >= 4 is 51.9 Å². The minimum Gasteiger partial charge on any atom is -0.502 e. The molecule has 3 aliphatic carbocycles. The number of hydrogen-bond acceptors (Lipinski definition) is 42. The minimum atomic E-state index is -3.20. The van der Waals surface area contributed by atoms with Crippen molar-refractivity contribution in [1.82, 2.24) is 0 Å². The zero-order valence-corrected chi connectivity index (χ0v) is 74.1. The third-order valence-corrected chi connectivity index (χ3v) is 29.4. The Bertz CT molecular complexity index is 6790. The van der Waals surface area contributed by atoms with E-state index in [0.29, 0.717) is 33.1 Å². The molecule has 12 aliphatic heterocycles. The van der Waals surface area contributed by atoms with Crippen LogP contribution < -0.4 is 56.8 Å². The van der Waals surface area contributed by atoms with Crippen LogP contribution in [0, 0.1) is 35.5 Å². The van der Waals surface area contributed by atoms with Crippen molar-refractivity contribution in [2.75, 3.05) is 102 Å². The molecule has 0 radical (unpaired) electrons. The fourth-order valence-corrected chi connectivity index (χ4v) is 22.4. The highest BCUT2D eigenvalue weighted by Gasteiger charge is 2.62. The topological polar surface area (TPSA) is 482 Å². The summed E-state index contributed by atoms with van der Waals surface area (Å²) in [6.07, 6.45) is -28.3. The molecule has 138 heavy (non-hydrogen) atoms. The first-order valence-corrected chi connectivity index (χ1v) is 45.7. The van der Waals surface area contributed by atoms with Gasteiger partial charge in [0.1, 0.15) is 73.2 Å². The molecule has 3 aromatic heterocycles. The zero-order valence-electron chi connectivity index (χ0n) is 90.6. The Morgan fingerprint density at radius 2 is 0.688 bits per heavy atom. The predicted octanol–water partition coefficient (Wildman–Crippen LogP) is 8.26. The van der Waals surface area contributed by atoms with Gasteiger partial charge in [-0.05, 0) is 157 Å². The average Bonchev–Trinajstić information content (AvgIpc) is 1.55. The maximum Gasteiger partial charge on any atom is 0.310 e. The highest BCUT2D eigenvalue weighted by Crippen LogP contribution is 2.63. The number of cyclic esters (lactones) is 3. The van der Waals surface area contributed by atoms with Gasteiger partial charge in [-0.3, -0.25) is 14.4 Å². The van der Waals surface area contributed by atoms with Gasteiger partial charge in [0, 0.05) is 36.9 Å². The Morgan fingerprint density at radius 3 is 1.09 bits per heavy atom. The number of aliphatic hydroxyl groups is 6. The number of phenolic OH excluding ortho intramolecular Hbond substituents is 3. The maximum absolute atomic E-state index is 13.9. The lowest BCUT2D eigenvalue weighted by molar-refractivity contribution is -0.368. The lowest BCUT2D eigenvalue weighted by Crippen LogP contribution is -2.62. The van der Waals surface area contributed by atoms with Crippen LogP contribution in [-0.4, -0.2) is 258 Å². The van der Waals surface area contributed by atoms with Crippen LogP contribution in [0.3, 0.4) is 0 Å². The second-order valence-electron chi connectivity index (χ2n) is 34.0. The van der Waals surface area contributed by atoms with Crippen LogP contribution in [0.25, 0.3) is 0 Å². The maximum atomic E-state index is 13.9. The van der Waals surface area contributed by atoms with E-state index in [2.05, 4.69) is 0 Å². The average molecular weight is 1990 g/mol. The van der Waals surface area contributed by atoms with Crippen LogP contribution in [0.1, 0.15) is 146 Å². The van der Waals surface area contributed by atoms with Gasteiger partial charge in [-0.25, -0.2) is 0 Å². The largest absolute Gasteiger partial charge is 0.502 e. The molecule has 9 saturated heterocycles. The van der Waals surface area contributed by atoms with Crippen molar-refractivity contribution in [3.05, 3.63) is 190 Å². The number of hydrogen-bond donors (Lipinski definition) is 9. The van der Waals surface area contributed by atoms with E-state index in [1.54, 1.807) is 60.0 Å². The highest BCUT2D eigenvalue weighted by atomic mass is 32.1. The number of ether oxygens (including phenoxy) is 27. The van der Waals surface area contributed by atoms with Crippen molar-refractivity contribution in [3.63, 3.8) is 0 Å². The van der Waals surface area contributed by atoms with Crippen molar-refractivity contribution < 1.29 is 214 Å². The Hall–Kier alpha value is -10.9. The van der Waals surface area contributed by atoms with Crippen molar-refractivity contribution in [2.45, 2.75) is 147 Å². The van der Waals surface area contributed by atoms with Crippen molar-refractivity contribution in [2.24, 2.45) is 35.5 Å². The number of esters is 3. The van der Waals surface area contributed by atoms with E-state index in [1.165, 1.54) is 72.5 Å². The number of carbonyl (C=O) groups excluding carboxylic acids is 3. The monoisotopic (exact) mass is 1990 g/mol. The van der Waals surface area contributed by atoms with Crippen LogP contribution in [0.5, 0.6) is 86.2 Å². The van der Waals surface area contributed by atoms with Gasteiger partial charge in [0.05, 0.1) is 157 Å². The highest BCUT2D eigenvalue weighted by molar-refractivity contribution is 7.10. The molecule has 15 heterocycles. The van der Waals surface area contributed by atoms with Gasteiger partial charge >= 0.3 is 17.9 Å². The predicted molar refractivity (Wildman–Crippen MR) is 468 cm³/mol. The van der Waals surface area contributed by atoms with Crippen LogP contribution in [0.2, 0.25) is 0 Å². The Morgan fingerprint density at radius 1 is 0.355 bits per heavy atom. The molecule has 0 spiro atoms. The molecular weight excluding hydrogens is 1870 g/mol. The molecular formula is C96H96O39S3. The van der Waals surface area contributed by atoms with E-state index >= 15 is 0 Å². The number of phenols is 3. The molecule has 9 aromatic rings. The van der Waals surface area contributed by atoms with Gasteiger partial charge in [0.15, 0.2) is 107 Å². The molecule has 9 N–H and O–H groups in total. The van der Waals surface area contributed by atoms with Gasteiger partial charge in [0.2, 0.25) is 37.6 Å². The fraction of sp³-hybridized carbons (Fsp3) is 0.469. The van der Waals surface area contributed by atoms with E-state index in [9.17, 15) is 61.7 Å². The number of aliphatic hydroxyl groups excluding tert-OH is 6. The molecule has 30 atom stereocenters. The summed E-state index contributed by atoms with van der Waals surface area (Å²) in [6, 6.07) is 27.0. The summed E-state index contributed by atoms with van der Waals surface area (Å²) < 4.78 is 308. The smallest absolute Gasteiger partial charge is 0.310 e. The number of aromatic hydroxyl groups is 3. The van der Waals surface area contributed by atoms with Gasteiger partial charge in [-0.15, -0.1) is 34.0 Å². The van der Waals surface area contributed by atoms with Gasteiger partial charge in [-0.1, -0.05) is 18.2 Å². The van der Waals surface area contributed by atoms with Crippen molar-refractivity contribution in [1.29, 1.82) is 0 Å². The number of rotatable bonds is 18. The molecule has 0 saturated carbocycles. The first-order valence-electron chi connectivity index (χ1n) is 52.6. The van der Waals surface area contributed by atoms with Gasteiger partial charge in [-0.2, -0.15) is 0 Å². The molecule has 39 nitrogen and oxygen atoms in total. The summed E-state index contributed by atoms with van der Waals surface area (Å²) in [5, 5.41) is 106. The second-order valence-corrected chi connectivity index (χ2v) is 37.0. The molecule has 0 unspecified atom stereocenters. The van der Waals surface area contributed by atoms with E-state index in [1.807, 2.05) is 16.8 Å².